The molecule has 3 rings (SSSR count). The van der Waals surface area contributed by atoms with Crippen molar-refractivity contribution in [2.75, 3.05) is 46.1 Å². The van der Waals surface area contributed by atoms with E-state index < -0.39 is 23.8 Å². The maximum absolute atomic E-state index is 13.3. The normalized spacial score (nSPS) is 20.5. The van der Waals surface area contributed by atoms with Gasteiger partial charge in [0.25, 0.3) is 5.91 Å². The third kappa shape index (κ3) is 6.75. The van der Waals surface area contributed by atoms with Crippen LogP contribution >= 0.6 is 0 Å². The van der Waals surface area contributed by atoms with Gasteiger partial charge in [-0.05, 0) is 43.9 Å². The van der Waals surface area contributed by atoms with Crippen molar-refractivity contribution < 1.29 is 38.9 Å². The van der Waals surface area contributed by atoms with Crippen LogP contribution < -0.4 is 9.47 Å². The largest absolute Gasteiger partial charge is 0.481 e. The Bertz CT molecular complexity index is 987. The van der Waals surface area contributed by atoms with Gasteiger partial charge in [0.15, 0.2) is 11.5 Å². The second kappa shape index (κ2) is 13.8. The zero-order chi connectivity index (χ0) is 27.8. The topological polar surface area (TPSA) is 129 Å². The Balaban J connectivity index is 1.94. The van der Waals surface area contributed by atoms with Crippen molar-refractivity contribution in [2.24, 2.45) is 5.92 Å². The van der Waals surface area contributed by atoms with E-state index in [1.807, 2.05) is 25.7 Å². The molecule has 1 fully saturated rings. The average molecular weight is 536 g/mol. The smallest absolute Gasteiger partial charge is 0.308 e. The lowest BCUT2D eigenvalue weighted by Gasteiger charge is -2.30. The highest BCUT2D eigenvalue weighted by molar-refractivity contribution is 5.78. The summed E-state index contributed by atoms with van der Waals surface area (Å²) < 4.78 is 11.0. The average Bonchev–Trinajstić information content (AvgIpc) is 3.51. The van der Waals surface area contributed by atoms with Gasteiger partial charge in [-0.25, -0.2) is 5.06 Å². The molecule has 0 radical (unpaired) electrons. The molecule has 1 saturated heterocycles. The fourth-order valence-electron chi connectivity index (χ4n) is 5.37. The number of benzene rings is 1. The number of likely N-dealkylation sites (tertiary alicyclic amines) is 1. The van der Waals surface area contributed by atoms with Crippen LogP contribution in [0.2, 0.25) is 0 Å². The van der Waals surface area contributed by atoms with E-state index in [2.05, 4.69) is 0 Å². The van der Waals surface area contributed by atoms with Crippen LogP contribution in [0.25, 0.3) is 0 Å². The number of aliphatic hydroxyl groups is 1. The number of hydroxylamine groups is 2. The highest BCUT2D eigenvalue weighted by Crippen LogP contribution is 2.44. The highest BCUT2D eigenvalue weighted by atomic mass is 16.7. The van der Waals surface area contributed by atoms with Crippen LogP contribution in [0.1, 0.15) is 64.0 Å². The Morgan fingerprint density at radius 3 is 2.50 bits per heavy atom. The Morgan fingerprint density at radius 2 is 1.89 bits per heavy atom. The van der Waals surface area contributed by atoms with Gasteiger partial charge in [0.1, 0.15) is 0 Å². The number of nitrogens with zero attached hydrogens (tertiary/aromatic N) is 3. The number of hydrogen-bond acceptors (Lipinski definition) is 8. The minimum Gasteiger partial charge on any atom is -0.481 e. The summed E-state index contributed by atoms with van der Waals surface area (Å²) in [6.07, 6.45) is 1.89. The number of carboxylic acids is 1. The Labute approximate surface area is 224 Å². The Hall–Kier alpha value is -2.89. The molecule has 0 unspecified atom stereocenters. The predicted molar refractivity (Wildman–Crippen MR) is 139 cm³/mol. The molecule has 2 aliphatic rings. The molecule has 1 aromatic rings. The molecule has 0 aromatic heterocycles. The minimum absolute atomic E-state index is 0.00172. The summed E-state index contributed by atoms with van der Waals surface area (Å²) in [4.78, 5) is 47.3. The molecule has 0 saturated carbocycles. The van der Waals surface area contributed by atoms with Crippen molar-refractivity contribution in [3.8, 4) is 11.5 Å². The minimum atomic E-state index is -0.975. The third-order valence-electron chi connectivity index (χ3n) is 7.22. The monoisotopic (exact) mass is 535 g/mol. The van der Waals surface area contributed by atoms with Crippen LogP contribution in [0.15, 0.2) is 12.1 Å². The molecule has 11 heteroatoms. The first-order valence-corrected chi connectivity index (χ1v) is 13.4. The second-order valence-electron chi connectivity index (χ2n) is 9.76. The molecule has 3 atom stereocenters. The molecule has 1 aromatic carbocycles. The number of fused-ring (bicyclic) bond motifs is 1. The molecular weight excluding hydrogens is 494 g/mol. The van der Waals surface area contributed by atoms with E-state index in [0.717, 1.165) is 12.8 Å². The summed E-state index contributed by atoms with van der Waals surface area (Å²) in [7, 11) is 0. The van der Waals surface area contributed by atoms with Gasteiger partial charge in [-0.15, -0.1) is 0 Å². The SMILES string of the molecule is CCCON(CCC)C(=O)CN1C[C@H](c2cc(CO)c3c(c2)OCO3)[C@@H](C(=O)O)[C@@H]1CCN(CC)C(C)=O. The number of aliphatic hydroxyl groups excluding tert-OH is 1. The van der Waals surface area contributed by atoms with E-state index in [1.54, 1.807) is 17.0 Å². The van der Waals surface area contributed by atoms with Crippen molar-refractivity contribution in [2.45, 2.75) is 65.5 Å². The molecular formula is C27H41N3O8. The lowest BCUT2D eigenvalue weighted by molar-refractivity contribution is -0.188. The van der Waals surface area contributed by atoms with Gasteiger partial charge in [0.2, 0.25) is 12.7 Å². The first-order chi connectivity index (χ1) is 18.2. The number of amides is 2. The van der Waals surface area contributed by atoms with E-state index in [0.29, 0.717) is 61.8 Å². The van der Waals surface area contributed by atoms with E-state index in [-0.39, 0.29) is 31.8 Å². The standard InChI is InChI=1S/C27H41N3O8/c1-5-9-30(38-11-6-2)24(33)15-29-14-21(19-12-20(16-31)26-23(13-19)36-17-37-26)25(27(34)35)22(29)8-10-28(7-3)18(4)32/h12-13,21-22,25,31H,5-11,14-17H2,1-4H3,(H,34,35)/t21-,22+,25-/m1/s1. The van der Waals surface area contributed by atoms with Gasteiger partial charge in [-0.1, -0.05) is 13.8 Å². The van der Waals surface area contributed by atoms with Crippen LogP contribution in [0, 0.1) is 5.92 Å². The van der Waals surface area contributed by atoms with Crippen molar-refractivity contribution in [1.82, 2.24) is 14.9 Å². The first-order valence-electron chi connectivity index (χ1n) is 13.4. The number of hydrogen-bond donors (Lipinski definition) is 2. The summed E-state index contributed by atoms with van der Waals surface area (Å²) in [6, 6.07) is 3.04. The van der Waals surface area contributed by atoms with Crippen LogP contribution in [0.3, 0.4) is 0 Å². The number of ether oxygens (including phenoxy) is 2. The van der Waals surface area contributed by atoms with Crippen molar-refractivity contribution >= 4 is 17.8 Å². The van der Waals surface area contributed by atoms with Crippen LogP contribution in [0.4, 0.5) is 0 Å². The van der Waals surface area contributed by atoms with Gasteiger partial charge < -0.3 is 24.6 Å². The fourth-order valence-corrected chi connectivity index (χ4v) is 5.37. The summed E-state index contributed by atoms with van der Waals surface area (Å²) >= 11 is 0. The van der Waals surface area contributed by atoms with Crippen LogP contribution in [0.5, 0.6) is 11.5 Å². The quantitative estimate of drug-likeness (QED) is 0.345. The number of rotatable bonds is 14. The lowest BCUT2D eigenvalue weighted by Crippen LogP contribution is -2.45. The second-order valence-corrected chi connectivity index (χ2v) is 9.76. The third-order valence-corrected chi connectivity index (χ3v) is 7.22. The zero-order valence-corrected chi connectivity index (χ0v) is 22.9. The summed E-state index contributed by atoms with van der Waals surface area (Å²) in [5.41, 5.74) is 1.23. The van der Waals surface area contributed by atoms with Crippen molar-refractivity contribution in [3.05, 3.63) is 23.3 Å². The van der Waals surface area contributed by atoms with Gasteiger partial charge in [0, 0.05) is 50.6 Å². The number of carboxylic acid groups (broad SMARTS) is 1. The van der Waals surface area contributed by atoms with Crippen LogP contribution in [-0.2, 0) is 25.8 Å². The summed E-state index contributed by atoms with van der Waals surface area (Å²) in [5, 5.41) is 21.7. The molecule has 2 aliphatic heterocycles. The van der Waals surface area contributed by atoms with Crippen molar-refractivity contribution in [3.63, 3.8) is 0 Å². The number of carbonyl (C=O) groups excluding carboxylic acids is 2. The van der Waals surface area contributed by atoms with Gasteiger partial charge in [-0.2, -0.15) is 0 Å². The fraction of sp³-hybridized carbons (Fsp3) is 0.667. The molecule has 2 N–H and O–H groups in total. The van der Waals surface area contributed by atoms with E-state index in [1.165, 1.54) is 12.0 Å². The summed E-state index contributed by atoms with van der Waals surface area (Å²) in [6.45, 7) is 9.13. The number of aliphatic carboxylic acids is 1. The maximum atomic E-state index is 13.3. The molecule has 2 heterocycles. The molecule has 11 nitrogen and oxygen atoms in total. The molecule has 0 spiro atoms. The summed E-state index contributed by atoms with van der Waals surface area (Å²) in [5.74, 6) is -1.65. The molecule has 0 aliphatic carbocycles. The number of carbonyl (C=O) groups is 3. The van der Waals surface area contributed by atoms with Gasteiger partial charge >= 0.3 is 5.97 Å². The highest BCUT2D eigenvalue weighted by Gasteiger charge is 2.47. The lowest BCUT2D eigenvalue weighted by atomic mass is 9.83. The Kier molecular flexibility index (Phi) is 10.7. The predicted octanol–water partition coefficient (Wildman–Crippen LogP) is 2.21. The molecule has 212 valence electrons. The van der Waals surface area contributed by atoms with E-state index in [9.17, 15) is 24.6 Å². The van der Waals surface area contributed by atoms with Gasteiger partial charge in [-0.3, -0.25) is 24.1 Å². The van der Waals surface area contributed by atoms with E-state index in [4.69, 9.17) is 14.3 Å². The Morgan fingerprint density at radius 1 is 1.13 bits per heavy atom. The molecule has 2 amide bonds. The molecule has 0 bridgehead atoms. The maximum Gasteiger partial charge on any atom is 0.308 e. The first kappa shape index (κ1) is 29.7. The molecule has 38 heavy (non-hydrogen) atoms. The van der Waals surface area contributed by atoms with Crippen LogP contribution in [-0.4, -0.2) is 95.0 Å². The van der Waals surface area contributed by atoms with Crippen molar-refractivity contribution in [1.29, 1.82) is 0 Å². The zero-order valence-electron chi connectivity index (χ0n) is 22.9. The van der Waals surface area contributed by atoms with Gasteiger partial charge in [0.05, 0.1) is 25.7 Å². The van der Waals surface area contributed by atoms with E-state index >= 15 is 0 Å².